The Bertz CT molecular complexity index is 595. The van der Waals surface area contributed by atoms with Crippen molar-refractivity contribution >= 4 is 17.6 Å². The van der Waals surface area contributed by atoms with Gasteiger partial charge in [0.25, 0.3) is 0 Å². The first-order valence-corrected chi connectivity index (χ1v) is 6.50. The Morgan fingerprint density at radius 3 is 2.48 bits per heavy atom. The summed E-state index contributed by atoms with van der Waals surface area (Å²) in [6.45, 7) is 0. The third-order valence-electron chi connectivity index (χ3n) is 2.82. The molecule has 0 unspecified atom stereocenters. The molecule has 0 bridgehead atoms. The Morgan fingerprint density at radius 2 is 1.86 bits per heavy atom. The Labute approximate surface area is 120 Å². The number of carboxylic acids is 1. The minimum Gasteiger partial charge on any atom is -0.481 e. The number of unbranched alkanes of at least 4 members (excludes halogenated alkanes) is 1. The highest BCUT2D eigenvalue weighted by molar-refractivity contribution is 5.90. The van der Waals surface area contributed by atoms with Gasteiger partial charge in [0.1, 0.15) is 0 Å². The molecule has 0 aliphatic heterocycles. The molecular weight excluding hydrogens is 274 g/mol. The quantitative estimate of drug-likeness (QED) is 0.663. The summed E-state index contributed by atoms with van der Waals surface area (Å²) in [6.07, 6.45) is 1.45. The average molecular weight is 289 g/mol. The van der Waals surface area contributed by atoms with E-state index in [-0.39, 0.29) is 12.3 Å². The van der Waals surface area contributed by atoms with Gasteiger partial charge in [0, 0.05) is 24.1 Å². The van der Waals surface area contributed by atoms with Crippen LogP contribution in [-0.4, -0.2) is 37.6 Å². The van der Waals surface area contributed by atoms with E-state index in [0.29, 0.717) is 30.8 Å². The van der Waals surface area contributed by atoms with E-state index in [1.165, 1.54) is 0 Å². The smallest absolute Gasteiger partial charge is 0.303 e. The van der Waals surface area contributed by atoms with E-state index in [0.717, 1.165) is 5.56 Å². The number of carbonyl (C=O) groups is 2. The van der Waals surface area contributed by atoms with Gasteiger partial charge < -0.3 is 10.4 Å². The molecule has 1 aromatic heterocycles. The second kappa shape index (κ2) is 7.13. The van der Waals surface area contributed by atoms with Crippen LogP contribution in [0.25, 0.3) is 11.4 Å². The molecule has 0 spiro atoms. The summed E-state index contributed by atoms with van der Waals surface area (Å²) in [5, 5.41) is 24.8. The number of aromatic amines is 1. The lowest BCUT2D eigenvalue weighted by atomic mass is 10.1. The highest BCUT2D eigenvalue weighted by Crippen LogP contribution is 2.17. The summed E-state index contributed by atoms with van der Waals surface area (Å²) in [7, 11) is 0. The number of aromatic nitrogens is 4. The Hall–Kier alpha value is -2.77. The van der Waals surface area contributed by atoms with Gasteiger partial charge in [-0.05, 0) is 42.3 Å². The van der Waals surface area contributed by atoms with Crippen LogP contribution in [0.15, 0.2) is 24.3 Å². The molecule has 2 aromatic rings. The molecule has 1 aromatic carbocycles. The van der Waals surface area contributed by atoms with Crippen LogP contribution in [-0.2, 0) is 9.59 Å². The molecule has 1 heterocycles. The summed E-state index contributed by atoms with van der Waals surface area (Å²) < 4.78 is 0. The van der Waals surface area contributed by atoms with Gasteiger partial charge in [0.2, 0.25) is 11.7 Å². The SMILES string of the molecule is O=C(O)CCCCC(=O)Nc1ccc(-c2nn[nH]n2)cc1. The fourth-order valence-electron chi connectivity index (χ4n) is 1.77. The van der Waals surface area contributed by atoms with Crippen molar-refractivity contribution in [1.29, 1.82) is 0 Å². The maximum absolute atomic E-state index is 11.7. The van der Waals surface area contributed by atoms with E-state index in [1.54, 1.807) is 24.3 Å². The normalized spacial score (nSPS) is 10.3. The number of hydrogen-bond donors (Lipinski definition) is 3. The number of benzene rings is 1. The Morgan fingerprint density at radius 1 is 1.14 bits per heavy atom. The number of aliphatic carboxylic acids is 1. The number of amides is 1. The molecule has 110 valence electrons. The van der Waals surface area contributed by atoms with Crippen molar-refractivity contribution < 1.29 is 14.7 Å². The highest BCUT2D eigenvalue weighted by atomic mass is 16.4. The largest absolute Gasteiger partial charge is 0.481 e. The molecule has 8 heteroatoms. The molecule has 0 saturated carbocycles. The van der Waals surface area contributed by atoms with Gasteiger partial charge in [-0.1, -0.05) is 0 Å². The second-order valence-electron chi connectivity index (χ2n) is 4.46. The predicted octanol–water partition coefficient (Wildman–Crippen LogP) is 1.45. The van der Waals surface area contributed by atoms with Gasteiger partial charge in [-0.25, -0.2) is 0 Å². The lowest BCUT2D eigenvalue weighted by Crippen LogP contribution is -2.11. The second-order valence-corrected chi connectivity index (χ2v) is 4.46. The summed E-state index contributed by atoms with van der Waals surface area (Å²) in [6, 6.07) is 7.07. The summed E-state index contributed by atoms with van der Waals surface area (Å²) in [5.74, 6) is -0.485. The number of nitrogens with one attached hydrogen (secondary N) is 2. The van der Waals surface area contributed by atoms with Gasteiger partial charge in [0.15, 0.2) is 0 Å². The minimum atomic E-state index is -0.840. The molecule has 2 rings (SSSR count). The van der Waals surface area contributed by atoms with Gasteiger partial charge in [-0.2, -0.15) is 5.21 Å². The third-order valence-corrected chi connectivity index (χ3v) is 2.82. The highest BCUT2D eigenvalue weighted by Gasteiger charge is 2.05. The lowest BCUT2D eigenvalue weighted by Gasteiger charge is -2.05. The molecule has 0 atom stereocenters. The van der Waals surface area contributed by atoms with Crippen LogP contribution in [0.4, 0.5) is 5.69 Å². The molecular formula is C13H15N5O3. The summed E-state index contributed by atoms with van der Waals surface area (Å²) in [5.41, 5.74) is 1.47. The zero-order valence-electron chi connectivity index (χ0n) is 11.2. The van der Waals surface area contributed by atoms with Gasteiger partial charge in [-0.3, -0.25) is 9.59 Å². The molecule has 21 heavy (non-hydrogen) atoms. The van der Waals surface area contributed by atoms with Crippen LogP contribution in [0.5, 0.6) is 0 Å². The van der Waals surface area contributed by atoms with Crippen molar-refractivity contribution in [2.45, 2.75) is 25.7 Å². The van der Waals surface area contributed by atoms with Crippen LogP contribution in [0.2, 0.25) is 0 Å². The molecule has 0 fully saturated rings. The van der Waals surface area contributed by atoms with E-state index in [2.05, 4.69) is 25.9 Å². The van der Waals surface area contributed by atoms with Crippen molar-refractivity contribution in [3.05, 3.63) is 24.3 Å². The Kier molecular flexibility index (Phi) is 4.97. The standard InChI is InChI=1S/C13H15N5O3/c19-11(3-1-2-4-12(20)21)14-10-7-5-9(6-8-10)13-15-17-18-16-13/h5-8H,1-4H2,(H,14,19)(H,20,21)(H,15,16,17,18). The van der Waals surface area contributed by atoms with E-state index in [9.17, 15) is 9.59 Å². The molecule has 3 N–H and O–H groups in total. The zero-order chi connectivity index (χ0) is 15.1. The number of H-pyrrole nitrogens is 1. The summed E-state index contributed by atoms with van der Waals surface area (Å²) >= 11 is 0. The van der Waals surface area contributed by atoms with Crippen LogP contribution in [0.1, 0.15) is 25.7 Å². The van der Waals surface area contributed by atoms with E-state index < -0.39 is 5.97 Å². The maximum Gasteiger partial charge on any atom is 0.303 e. The van der Waals surface area contributed by atoms with Crippen molar-refractivity contribution in [2.75, 3.05) is 5.32 Å². The molecule has 0 radical (unpaired) electrons. The monoisotopic (exact) mass is 289 g/mol. The van der Waals surface area contributed by atoms with Gasteiger partial charge in [0.05, 0.1) is 0 Å². The fraction of sp³-hybridized carbons (Fsp3) is 0.308. The van der Waals surface area contributed by atoms with Crippen molar-refractivity contribution in [3.63, 3.8) is 0 Å². The zero-order valence-corrected chi connectivity index (χ0v) is 11.2. The van der Waals surface area contributed by atoms with E-state index >= 15 is 0 Å². The first kappa shape index (κ1) is 14.6. The number of carbonyl (C=O) groups excluding carboxylic acids is 1. The van der Waals surface area contributed by atoms with Crippen LogP contribution >= 0.6 is 0 Å². The first-order chi connectivity index (χ1) is 10.1. The molecule has 0 aliphatic rings. The first-order valence-electron chi connectivity index (χ1n) is 6.50. The predicted molar refractivity (Wildman–Crippen MR) is 74.3 cm³/mol. The number of tetrazole rings is 1. The van der Waals surface area contributed by atoms with Gasteiger partial charge >= 0.3 is 5.97 Å². The fourth-order valence-corrected chi connectivity index (χ4v) is 1.77. The lowest BCUT2D eigenvalue weighted by molar-refractivity contribution is -0.137. The molecule has 0 aliphatic carbocycles. The molecule has 0 saturated heterocycles. The number of nitrogens with zero attached hydrogens (tertiary/aromatic N) is 3. The van der Waals surface area contributed by atoms with Crippen LogP contribution in [0.3, 0.4) is 0 Å². The molecule has 1 amide bonds. The summed E-state index contributed by atoms with van der Waals surface area (Å²) in [4.78, 5) is 22.0. The number of rotatable bonds is 7. The van der Waals surface area contributed by atoms with Crippen molar-refractivity contribution in [3.8, 4) is 11.4 Å². The average Bonchev–Trinajstić information content (AvgIpc) is 2.98. The van der Waals surface area contributed by atoms with Crippen molar-refractivity contribution in [2.24, 2.45) is 0 Å². The number of anilines is 1. The minimum absolute atomic E-state index is 0.0900. The van der Waals surface area contributed by atoms with Crippen molar-refractivity contribution in [1.82, 2.24) is 20.6 Å². The number of carboxylic acid groups (broad SMARTS) is 1. The van der Waals surface area contributed by atoms with Crippen LogP contribution < -0.4 is 5.32 Å². The maximum atomic E-state index is 11.7. The van der Waals surface area contributed by atoms with E-state index in [1.807, 2.05) is 0 Å². The van der Waals surface area contributed by atoms with E-state index in [4.69, 9.17) is 5.11 Å². The third kappa shape index (κ3) is 4.68. The van der Waals surface area contributed by atoms with Gasteiger partial charge in [-0.15, -0.1) is 10.2 Å². The molecule has 8 nitrogen and oxygen atoms in total. The van der Waals surface area contributed by atoms with Crippen LogP contribution in [0, 0.1) is 0 Å². The number of hydrogen-bond acceptors (Lipinski definition) is 5. The Balaban J connectivity index is 1.80. The topological polar surface area (TPSA) is 121 Å².